The third-order valence-electron chi connectivity index (χ3n) is 3.38. The van der Waals surface area contributed by atoms with E-state index in [0.29, 0.717) is 16.3 Å². The number of hydrogen-bond donors (Lipinski definition) is 1. The van der Waals surface area contributed by atoms with E-state index < -0.39 is 9.05 Å². The minimum Gasteiger partial charge on any atom is -0.493 e. The van der Waals surface area contributed by atoms with E-state index in [1.807, 2.05) is 0 Å². The number of carbonyl (C=O) groups is 1. The quantitative estimate of drug-likeness (QED) is 0.748. The monoisotopic (exact) mass is 403 g/mol. The third kappa shape index (κ3) is 4.78. The van der Waals surface area contributed by atoms with Crippen LogP contribution in [0.15, 0.2) is 41.3 Å². The number of methoxy groups -OCH3 is 2. The largest absolute Gasteiger partial charge is 0.493 e. The maximum absolute atomic E-state index is 12.2. The van der Waals surface area contributed by atoms with Gasteiger partial charge in [-0.3, -0.25) is 4.79 Å². The maximum Gasteiger partial charge on any atom is 0.261 e. The molecule has 9 heteroatoms. The van der Waals surface area contributed by atoms with Gasteiger partial charge in [-0.1, -0.05) is 11.6 Å². The number of ether oxygens (including phenoxy) is 2. The number of benzene rings is 2. The molecule has 6 nitrogen and oxygen atoms in total. The Labute approximate surface area is 155 Å². The van der Waals surface area contributed by atoms with Crippen LogP contribution >= 0.6 is 22.3 Å². The van der Waals surface area contributed by atoms with Crippen molar-refractivity contribution in [3.8, 4) is 11.5 Å². The van der Waals surface area contributed by atoms with Crippen LogP contribution in [0.3, 0.4) is 0 Å². The van der Waals surface area contributed by atoms with Crippen molar-refractivity contribution in [2.45, 2.75) is 11.4 Å². The van der Waals surface area contributed by atoms with Gasteiger partial charge in [-0.05, 0) is 35.9 Å². The second kappa shape index (κ2) is 7.95. The molecular weight excluding hydrogens is 389 g/mol. The molecule has 2 rings (SSSR count). The normalized spacial score (nSPS) is 11.0. The predicted molar refractivity (Wildman–Crippen MR) is 95.2 cm³/mol. The second-order valence-electron chi connectivity index (χ2n) is 4.94. The van der Waals surface area contributed by atoms with E-state index >= 15 is 0 Å². The lowest BCUT2D eigenvalue weighted by Gasteiger charge is -2.14. The molecule has 0 unspecified atom stereocenters. The predicted octanol–water partition coefficient (Wildman–Crippen LogP) is 3.21. The molecule has 0 aliphatic rings. The Hall–Kier alpha value is -1.96. The molecule has 0 bridgehead atoms. The first-order valence-electron chi connectivity index (χ1n) is 6.99. The Balaban J connectivity index is 2.31. The number of halogens is 2. The molecule has 0 atom stereocenters. The van der Waals surface area contributed by atoms with E-state index in [4.69, 9.17) is 31.8 Å². The van der Waals surface area contributed by atoms with Crippen LogP contribution in [0, 0.1) is 0 Å². The Morgan fingerprint density at radius 3 is 2.16 bits per heavy atom. The zero-order chi connectivity index (χ0) is 18.6. The summed E-state index contributed by atoms with van der Waals surface area (Å²) < 4.78 is 33.9. The minimum atomic E-state index is -4.04. The Morgan fingerprint density at radius 1 is 1.08 bits per heavy atom. The number of carbonyl (C=O) groups excluding carboxylic acids is 1. The van der Waals surface area contributed by atoms with Gasteiger partial charge >= 0.3 is 0 Å². The van der Waals surface area contributed by atoms with Gasteiger partial charge in [0, 0.05) is 33.9 Å². The summed E-state index contributed by atoms with van der Waals surface area (Å²) in [6.45, 7) is -0.0664. The molecule has 0 aliphatic heterocycles. The van der Waals surface area contributed by atoms with Crippen LogP contribution in [0.25, 0.3) is 0 Å². The summed E-state index contributed by atoms with van der Waals surface area (Å²) >= 11 is 5.78. The van der Waals surface area contributed by atoms with Crippen LogP contribution in [0.1, 0.15) is 15.9 Å². The highest BCUT2D eigenvalue weighted by atomic mass is 35.7. The molecule has 0 spiro atoms. The van der Waals surface area contributed by atoms with E-state index in [-0.39, 0.29) is 28.7 Å². The number of rotatable bonds is 6. The van der Waals surface area contributed by atoms with Crippen molar-refractivity contribution in [1.82, 2.24) is 5.32 Å². The summed E-state index contributed by atoms with van der Waals surface area (Å²) in [6.07, 6.45) is 0. The molecule has 1 N–H and O–H groups in total. The molecule has 0 heterocycles. The average Bonchev–Trinajstić information content (AvgIpc) is 2.58. The van der Waals surface area contributed by atoms with Crippen LogP contribution < -0.4 is 14.8 Å². The Bertz CT molecular complexity index is 882. The van der Waals surface area contributed by atoms with Crippen LogP contribution in [-0.4, -0.2) is 28.5 Å². The highest BCUT2D eigenvalue weighted by Gasteiger charge is 2.20. The average molecular weight is 404 g/mol. The molecule has 134 valence electrons. The fraction of sp³-hybridized carbons (Fsp3) is 0.188. The van der Waals surface area contributed by atoms with Gasteiger partial charge < -0.3 is 14.8 Å². The fourth-order valence-electron chi connectivity index (χ4n) is 2.15. The smallest absolute Gasteiger partial charge is 0.261 e. The summed E-state index contributed by atoms with van der Waals surface area (Å²) in [5.74, 6) is 0.154. The molecule has 0 fully saturated rings. The van der Waals surface area contributed by atoms with Crippen molar-refractivity contribution in [1.29, 1.82) is 0 Å². The van der Waals surface area contributed by atoms with E-state index in [2.05, 4.69) is 5.32 Å². The maximum atomic E-state index is 12.2. The van der Waals surface area contributed by atoms with Crippen molar-refractivity contribution in [3.63, 3.8) is 0 Å². The summed E-state index contributed by atoms with van der Waals surface area (Å²) in [5.41, 5.74) is 0.662. The van der Waals surface area contributed by atoms with Gasteiger partial charge in [0.15, 0.2) is 11.5 Å². The van der Waals surface area contributed by atoms with Crippen LogP contribution in [0.4, 0.5) is 0 Å². The number of hydrogen-bond acceptors (Lipinski definition) is 5. The zero-order valence-electron chi connectivity index (χ0n) is 13.4. The minimum absolute atomic E-state index is 0.0664. The second-order valence-corrected chi connectivity index (χ2v) is 7.91. The van der Waals surface area contributed by atoms with E-state index in [0.717, 1.165) is 0 Å². The lowest BCUT2D eigenvalue weighted by molar-refractivity contribution is 0.0950. The van der Waals surface area contributed by atoms with Crippen molar-refractivity contribution in [2.24, 2.45) is 0 Å². The summed E-state index contributed by atoms with van der Waals surface area (Å²) in [6, 6.07) is 9.00. The van der Waals surface area contributed by atoms with Gasteiger partial charge in [0.1, 0.15) is 0 Å². The zero-order valence-corrected chi connectivity index (χ0v) is 15.7. The fourth-order valence-corrected chi connectivity index (χ4v) is 3.40. The topological polar surface area (TPSA) is 81.7 Å². The van der Waals surface area contributed by atoms with Gasteiger partial charge in [0.25, 0.3) is 15.0 Å². The van der Waals surface area contributed by atoms with E-state index in [1.54, 1.807) is 24.3 Å². The highest BCUT2D eigenvalue weighted by molar-refractivity contribution is 8.13. The van der Waals surface area contributed by atoms with Gasteiger partial charge in [-0.25, -0.2) is 8.42 Å². The molecular formula is C16H15Cl2NO5S. The molecule has 2 aromatic carbocycles. The SMILES string of the molecule is COc1cc(CNC(=O)c2ccc(Cl)cc2)c(S(=O)(=O)Cl)cc1OC. The van der Waals surface area contributed by atoms with Gasteiger partial charge in [0.2, 0.25) is 0 Å². The number of nitrogens with one attached hydrogen (secondary N) is 1. The molecule has 2 aromatic rings. The van der Waals surface area contributed by atoms with E-state index in [9.17, 15) is 13.2 Å². The molecule has 0 saturated carbocycles. The molecule has 0 aliphatic carbocycles. The Kier molecular flexibility index (Phi) is 6.16. The van der Waals surface area contributed by atoms with Gasteiger partial charge in [-0.2, -0.15) is 0 Å². The highest BCUT2D eigenvalue weighted by Crippen LogP contribution is 2.34. The summed E-state index contributed by atoms with van der Waals surface area (Å²) in [5, 5.41) is 3.14. The third-order valence-corrected chi connectivity index (χ3v) is 5.03. The van der Waals surface area contributed by atoms with Crippen molar-refractivity contribution >= 4 is 37.2 Å². The molecule has 1 amide bonds. The lowest BCUT2D eigenvalue weighted by Crippen LogP contribution is -2.23. The van der Waals surface area contributed by atoms with Crippen molar-refractivity contribution in [3.05, 3.63) is 52.5 Å². The van der Waals surface area contributed by atoms with Crippen LogP contribution in [0.5, 0.6) is 11.5 Å². The van der Waals surface area contributed by atoms with Crippen molar-refractivity contribution < 1.29 is 22.7 Å². The molecule has 0 radical (unpaired) electrons. The van der Waals surface area contributed by atoms with Crippen LogP contribution in [-0.2, 0) is 15.6 Å². The van der Waals surface area contributed by atoms with Gasteiger partial charge in [0.05, 0.1) is 19.1 Å². The van der Waals surface area contributed by atoms with Gasteiger partial charge in [-0.15, -0.1) is 0 Å². The lowest BCUT2D eigenvalue weighted by atomic mass is 10.1. The molecule has 25 heavy (non-hydrogen) atoms. The first kappa shape index (κ1) is 19.4. The molecule has 0 aromatic heterocycles. The van der Waals surface area contributed by atoms with Crippen LogP contribution in [0.2, 0.25) is 5.02 Å². The summed E-state index contributed by atoms with van der Waals surface area (Å²) in [7, 11) is 4.24. The number of amides is 1. The first-order valence-corrected chi connectivity index (χ1v) is 9.68. The molecule has 0 saturated heterocycles. The summed E-state index contributed by atoms with van der Waals surface area (Å²) in [4.78, 5) is 12.0. The van der Waals surface area contributed by atoms with Crippen molar-refractivity contribution in [2.75, 3.05) is 14.2 Å². The van der Waals surface area contributed by atoms with E-state index in [1.165, 1.54) is 26.4 Å². The standard InChI is InChI=1S/C16H15Cl2NO5S/c1-23-13-7-11(15(25(18,21)22)8-14(13)24-2)9-19-16(20)10-3-5-12(17)6-4-10/h3-8H,9H2,1-2H3,(H,19,20). The first-order chi connectivity index (χ1) is 11.8. The Morgan fingerprint density at radius 2 is 1.64 bits per heavy atom.